The topological polar surface area (TPSA) is 38.3 Å². The highest BCUT2D eigenvalue weighted by Gasteiger charge is 2.38. The minimum atomic E-state index is 0.186. The van der Waals surface area contributed by atoms with E-state index in [9.17, 15) is 4.79 Å². The third-order valence-corrected chi connectivity index (χ3v) is 4.22. The second-order valence-corrected chi connectivity index (χ2v) is 5.82. The van der Waals surface area contributed by atoms with Crippen LogP contribution >= 0.6 is 0 Å². The first-order valence-electron chi connectivity index (χ1n) is 7.26. The average Bonchev–Trinajstić information content (AvgIpc) is 3.09. The van der Waals surface area contributed by atoms with Gasteiger partial charge in [0.05, 0.1) is 6.10 Å². The predicted octanol–water partition coefficient (Wildman–Crippen LogP) is 2.89. The van der Waals surface area contributed by atoms with Crippen LogP contribution in [-0.2, 0) is 11.3 Å². The molecule has 2 aliphatic carbocycles. The number of para-hydroxylation sites is 1. The van der Waals surface area contributed by atoms with E-state index in [-0.39, 0.29) is 11.8 Å². The summed E-state index contributed by atoms with van der Waals surface area (Å²) in [7, 11) is 0. The summed E-state index contributed by atoms with van der Waals surface area (Å²) in [5.41, 5.74) is 1.08. The van der Waals surface area contributed by atoms with Gasteiger partial charge in [-0.15, -0.1) is 0 Å². The number of benzene rings is 1. The Kier molecular flexibility index (Phi) is 3.45. The number of ether oxygens (including phenoxy) is 1. The maximum atomic E-state index is 11.8. The zero-order valence-electron chi connectivity index (χ0n) is 11.4. The molecule has 0 radical (unpaired) electrons. The monoisotopic (exact) mass is 259 g/mol. The molecule has 1 amide bonds. The molecule has 2 atom stereocenters. The van der Waals surface area contributed by atoms with E-state index in [1.165, 1.54) is 6.42 Å². The smallest absolute Gasteiger partial charge is 0.223 e. The Morgan fingerprint density at radius 1 is 1.37 bits per heavy atom. The first-order chi connectivity index (χ1) is 9.24. The molecule has 0 spiro atoms. The van der Waals surface area contributed by atoms with Crippen molar-refractivity contribution < 1.29 is 9.53 Å². The molecule has 0 unspecified atom stereocenters. The lowest BCUT2D eigenvalue weighted by Gasteiger charge is -2.27. The number of hydrogen-bond donors (Lipinski definition) is 1. The van der Waals surface area contributed by atoms with Crippen LogP contribution in [0.5, 0.6) is 5.75 Å². The summed E-state index contributed by atoms with van der Waals surface area (Å²) in [5, 5.41) is 3.02. The van der Waals surface area contributed by atoms with Crippen LogP contribution in [0.3, 0.4) is 0 Å². The highest BCUT2D eigenvalue weighted by molar-refractivity contribution is 5.81. The molecule has 0 aromatic heterocycles. The van der Waals surface area contributed by atoms with Crippen molar-refractivity contribution in [3.8, 4) is 5.75 Å². The lowest BCUT2D eigenvalue weighted by Crippen LogP contribution is -2.27. The van der Waals surface area contributed by atoms with E-state index in [4.69, 9.17) is 4.74 Å². The summed E-state index contributed by atoms with van der Waals surface area (Å²) in [5.74, 6) is 1.91. The van der Waals surface area contributed by atoms with Gasteiger partial charge in [0.2, 0.25) is 5.91 Å². The van der Waals surface area contributed by atoms with Crippen LogP contribution in [0, 0.1) is 11.8 Å². The lowest BCUT2D eigenvalue weighted by atomic mass is 9.96. The maximum Gasteiger partial charge on any atom is 0.223 e. The molecule has 1 aromatic rings. The summed E-state index contributed by atoms with van der Waals surface area (Å²) in [6, 6.07) is 8.02. The molecule has 3 heteroatoms. The zero-order chi connectivity index (χ0) is 13.2. The Morgan fingerprint density at radius 3 is 2.74 bits per heavy atom. The van der Waals surface area contributed by atoms with Crippen LogP contribution in [0.4, 0.5) is 0 Å². The molecule has 19 heavy (non-hydrogen) atoms. The van der Waals surface area contributed by atoms with Crippen molar-refractivity contribution in [2.24, 2.45) is 11.8 Å². The molecule has 2 aliphatic rings. The first-order valence-corrected chi connectivity index (χ1v) is 7.26. The van der Waals surface area contributed by atoms with E-state index >= 15 is 0 Å². The van der Waals surface area contributed by atoms with Crippen molar-refractivity contribution in [3.05, 3.63) is 29.8 Å². The summed E-state index contributed by atoms with van der Waals surface area (Å²) >= 11 is 0. The second kappa shape index (κ2) is 5.24. The number of amides is 1. The third kappa shape index (κ3) is 2.91. The Bertz CT molecular complexity index is 468. The van der Waals surface area contributed by atoms with Crippen molar-refractivity contribution in [3.63, 3.8) is 0 Å². The molecular weight excluding hydrogens is 238 g/mol. The van der Waals surface area contributed by atoms with Crippen LogP contribution in [-0.4, -0.2) is 12.0 Å². The summed E-state index contributed by atoms with van der Waals surface area (Å²) in [6.07, 6.45) is 4.98. The molecule has 102 valence electrons. The zero-order valence-corrected chi connectivity index (χ0v) is 11.4. The van der Waals surface area contributed by atoms with E-state index in [2.05, 4.69) is 12.2 Å². The van der Waals surface area contributed by atoms with Crippen molar-refractivity contribution in [1.82, 2.24) is 5.32 Å². The Labute approximate surface area is 114 Å². The first kappa shape index (κ1) is 12.5. The largest absolute Gasteiger partial charge is 0.490 e. The molecule has 0 aliphatic heterocycles. The fraction of sp³-hybridized carbons (Fsp3) is 0.562. The van der Waals surface area contributed by atoms with Gasteiger partial charge >= 0.3 is 0 Å². The van der Waals surface area contributed by atoms with Gasteiger partial charge in [-0.2, -0.15) is 0 Å². The summed E-state index contributed by atoms with van der Waals surface area (Å²) in [4.78, 5) is 11.8. The van der Waals surface area contributed by atoms with Crippen molar-refractivity contribution >= 4 is 5.91 Å². The predicted molar refractivity (Wildman–Crippen MR) is 73.8 cm³/mol. The van der Waals surface area contributed by atoms with Crippen LogP contribution in [0.1, 0.15) is 38.2 Å². The fourth-order valence-corrected chi connectivity index (χ4v) is 2.43. The van der Waals surface area contributed by atoms with Crippen LogP contribution in [0.25, 0.3) is 0 Å². The molecular formula is C16H21NO2. The van der Waals surface area contributed by atoms with Crippen molar-refractivity contribution in [1.29, 1.82) is 0 Å². The molecule has 0 bridgehead atoms. The van der Waals surface area contributed by atoms with Gasteiger partial charge in [-0.1, -0.05) is 25.1 Å². The molecule has 3 rings (SSSR count). The minimum absolute atomic E-state index is 0.186. The molecule has 2 saturated carbocycles. The van der Waals surface area contributed by atoms with Crippen molar-refractivity contribution in [2.75, 3.05) is 0 Å². The van der Waals surface area contributed by atoms with Crippen molar-refractivity contribution in [2.45, 2.75) is 45.3 Å². The van der Waals surface area contributed by atoms with E-state index in [0.29, 0.717) is 18.6 Å². The fourth-order valence-electron chi connectivity index (χ4n) is 2.43. The second-order valence-electron chi connectivity index (χ2n) is 5.82. The molecule has 1 aromatic carbocycles. The molecule has 2 fully saturated rings. The van der Waals surface area contributed by atoms with E-state index < -0.39 is 0 Å². The van der Waals surface area contributed by atoms with Gasteiger partial charge in [0, 0.05) is 18.0 Å². The average molecular weight is 259 g/mol. The SMILES string of the molecule is C[C@H]1C[C@H]1C(=O)NCc1ccccc1OC1CCC1. The van der Waals surface area contributed by atoms with Gasteiger partial charge in [0.15, 0.2) is 0 Å². The third-order valence-electron chi connectivity index (χ3n) is 4.22. The normalized spacial score (nSPS) is 25.5. The quantitative estimate of drug-likeness (QED) is 0.883. The number of carbonyl (C=O) groups excluding carboxylic acids is 1. The number of hydrogen-bond acceptors (Lipinski definition) is 2. The van der Waals surface area contributed by atoms with Gasteiger partial charge in [-0.3, -0.25) is 4.79 Å². The van der Waals surface area contributed by atoms with Gasteiger partial charge in [-0.25, -0.2) is 0 Å². The molecule has 3 nitrogen and oxygen atoms in total. The molecule has 1 N–H and O–H groups in total. The Morgan fingerprint density at radius 2 is 2.11 bits per heavy atom. The highest BCUT2D eigenvalue weighted by atomic mass is 16.5. The maximum absolute atomic E-state index is 11.8. The highest BCUT2D eigenvalue weighted by Crippen LogP contribution is 2.37. The number of rotatable bonds is 5. The van der Waals surface area contributed by atoms with E-state index in [1.54, 1.807) is 0 Å². The standard InChI is InChI=1S/C16H21NO2/c1-11-9-14(11)16(18)17-10-12-5-2-3-8-15(12)19-13-6-4-7-13/h2-3,5,8,11,13-14H,4,6-7,9-10H2,1H3,(H,17,18)/t11-,14+/m0/s1. The van der Waals surface area contributed by atoms with E-state index in [1.807, 2.05) is 24.3 Å². The van der Waals surface area contributed by atoms with Gasteiger partial charge in [0.25, 0.3) is 0 Å². The van der Waals surface area contributed by atoms with Crippen LogP contribution in [0.15, 0.2) is 24.3 Å². The summed E-state index contributed by atoms with van der Waals surface area (Å²) < 4.78 is 5.96. The minimum Gasteiger partial charge on any atom is -0.490 e. The molecule has 0 heterocycles. The number of nitrogens with one attached hydrogen (secondary N) is 1. The Hall–Kier alpha value is -1.51. The lowest BCUT2D eigenvalue weighted by molar-refractivity contribution is -0.122. The van der Waals surface area contributed by atoms with E-state index in [0.717, 1.165) is 30.6 Å². The molecule has 0 saturated heterocycles. The van der Waals surface area contributed by atoms with Gasteiger partial charge in [0.1, 0.15) is 5.75 Å². The van der Waals surface area contributed by atoms with Crippen LogP contribution in [0.2, 0.25) is 0 Å². The Balaban J connectivity index is 1.58. The summed E-state index contributed by atoms with van der Waals surface area (Å²) in [6.45, 7) is 2.70. The van der Waals surface area contributed by atoms with Gasteiger partial charge < -0.3 is 10.1 Å². The van der Waals surface area contributed by atoms with Gasteiger partial charge in [-0.05, 0) is 37.7 Å². The van der Waals surface area contributed by atoms with Crippen LogP contribution < -0.4 is 10.1 Å². The number of carbonyl (C=O) groups is 1.